The van der Waals surface area contributed by atoms with Crippen LogP contribution in [0.4, 0.5) is 4.79 Å². The summed E-state index contributed by atoms with van der Waals surface area (Å²) in [6, 6.07) is -0.262. The van der Waals surface area contributed by atoms with Gasteiger partial charge in [0.15, 0.2) is 9.84 Å². The van der Waals surface area contributed by atoms with Crippen molar-refractivity contribution in [2.24, 2.45) is 5.92 Å². The first-order valence-electron chi connectivity index (χ1n) is 6.83. The van der Waals surface area contributed by atoms with Gasteiger partial charge in [-0.3, -0.25) is 0 Å². The van der Waals surface area contributed by atoms with E-state index in [1.54, 1.807) is 0 Å². The van der Waals surface area contributed by atoms with Crippen LogP contribution >= 0.6 is 0 Å². The van der Waals surface area contributed by atoms with Crippen LogP contribution in [0.15, 0.2) is 0 Å². The molecule has 2 rings (SSSR count). The molecule has 0 bridgehead atoms. The number of hydrogen-bond acceptors (Lipinski definition) is 4. The van der Waals surface area contributed by atoms with E-state index in [9.17, 15) is 13.2 Å². The second-order valence-electron chi connectivity index (χ2n) is 5.46. The third-order valence-corrected chi connectivity index (χ3v) is 5.60. The maximum Gasteiger partial charge on any atom is 0.315 e. The van der Waals surface area contributed by atoms with E-state index in [0.29, 0.717) is 13.0 Å². The van der Waals surface area contributed by atoms with E-state index in [1.165, 1.54) is 0 Å². The molecule has 2 amide bonds. The molecule has 2 N–H and O–H groups in total. The average molecular weight is 290 g/mol. The van der Waals surface area contributed by atoms with Crippen LogP contribution in [0.5, 0.6) is 0 Å². The van der Waals surface area contributed by atoms with Crippen molar-refractivity contribution >= 4 is 15.9 Å². The average Bonchev–Trinajstić information content (AvgIpc) is 2.95. The van der Waals surface area contributed by atoms with E-state index < -0.39 is 9.84 Å². The standard InChI is InChI=1S/C12H22N2O4S/c1-9(11-3-2-5-18-11)14-12(15)13-7-10-4-6-19(16,17)8-10/h9-11H,2-8H2,1H3,(H2,13,14,15)/t9-,10-,11+/m0/s1. The van der Waals surface area contributed by atoms with Gasteiger partial charge in [0.05, 0.1) is 23.7 Å². The Bertz CT molecular complexity index is 417. The molecule has 0 aliphatic carbocycles. The minimum atomic E-state index is -2.87. The lowest BCUT2D eigenvalue weighted by atomic mass is 10.1. The van der Waals surface area contributed by atoms with Gasteiger partial charge in [-0.15, -0.1) is 0 Å². The Morgan fingerprint density at radius 3 is 2.79 bits per heavy atom. The first-order chi connectivity index (χ1) is 8.96. The smallest absolute Gasteiger partial charge is 0.315 e. The summed E-state index contributed by atoms with van der Waals surface area (Å²) in [5, 5.41) is 5.59. The minimum Gasteiger partial charge on any atom is -0.376 e. The van der Waals surface area contributed by atoms with Crippen LogP contribution in [-0.4, -0.2) is 51.3 Å². The lowest BCUT2D eigenvalue weighted by Gasteiger charge is -2.20. The Labute approximate surface area is 114 Å². The quantitative estimate of drug-likeness (QED) is 0.779. The van der Waals surface area contributed by atoms with E-state index in [4.69, 9.17) is 4.74 Å². The number of urea groups is 1. The number of amides is 2. The number of carbonyl (C=O) groups excluding carboxylic acids is 1. The summed E-state index contributed by atoms with van der Waals surface area (Å²) in [6.45, 7) is 3.11. The van der Waals surface area contributed by atoms with Crippen LogP contribution in [-0.2, 0) is 14.6 Å². The van der Waals surface area contributed by atoms with Crippen molar-refractivity contribution in [2.45, 2.75) is 38.3 Å². The number of sulfone groups is 1. The molecule has 6 nitrogen and oxygen atoms in total. The molecule has 2 fully saturated rings. The topological polar surface area (TPSA) is 84.5 Å². The summed E-state index contributed by atoms with van der Waals surface area (Å²) in [7, 11) is -2.87. The second kappa shape index (κ2) is 6.09. The molecule has 0 saturated carbocycles. The molecular weight excluding hydrogens is 268 g/mol. The molecule has 0 radical (unpaired) electrons. The summed E-state index contributed by atoms with van der Waals surface area (Å²) in [5.41, 5.74) is 0. The fraction of sp³-hybridized carbons (Fsp3) is 0.917. The van der Waals surface area contributed by atoms with E-state index in [1.807, 2.05) is 6.92 Å². The van der Waals surface area contributed by atoms with Crippen molar-refractivity contribution in [1.29, 1.82) is 0 Å². The third-order valence-electron chi connectivity index (χ3n) is 3.76. The van der Waals surface area contributed by atoms with Gasteiger partial charge >= 0.3 is 6.03 Å². The van der Waals surface area contributed by atoms with Crippen LogP contribution in [0.25, 0.3) is 0 Å². The van der Waals surface area contributed by atoms with Gasteiger partial charge in [-0.2, -0.15) is 0 Å². The lowest BCUT2D eigenvalue weighted by Crippen LogP contribution is -2.47. The molecule has 7 heteroatoms. The van der Waals surface area contributed by atoms with E-state index >= 15 is 0 Å². The summed E-state index contributed by atoms with van der Waals surface area (Å²) in [6.07, 6.45) is 2.75. The van der Waals surface area contributed by atoms with Gasteiger partial charge in [0.1, 0.15) is 0 Å². The van der Waals surface area contributed by atoms with Crippen molar-refractivity contribution in [3.63, 3.8) is 0 Å². The molecule has 2 aliphatic rings. The van der Waals surface area contributed by atoms with Gasteiger partial charge in [0.25, 0.3) is 0 Å². The summed E-state index contributed by atoms with van der Waals surface area (Å²) in [5.74, 6) is 0.482. The fourth-order valence-electron chi connectivity index (χ4n) is 2.62. The minimum absolute atomic E-state index is 0.0187. The zero-order valence-corrected chi connectivity index (χ0v) is 12.0. The Morgan fingerprint density at radius 2 is 2.21 bits per heavy atom. The number of hydrogen-bond donors (Lipinski definition) is 2. The van der Waals surface area contributed by atoms with Gasteiger partial charge in [-0.1, -0.05) is 0 Å². The normalized spacial score (nSPS) is 31.0. The first kappa shape index (κ1) is 14.6. The Hall–Kier alpha value is -0.820. The molecule has 0 spiro atoms. The van der Waals surface area contributed by atoms with Crippen molar-refractivity contribution < 1.29 is 17.9 Å². The van der Waals surface area contributed by atoms with Crippen LogP contribution in [0.2, 0.25) is 0 Å². The number of rotatable bonds is 4. The molecule has 2 aliphatic heterocycles. The van der Waals surface area contributed by atoms with Crippen molar-refractivity contribution in [1.82, 2.24) is 10.6 Å². The number of ether oxygens (including phenoxy) is 1. The van der Waals surface area contributed by atoms with Gasteiger partial charge in [0, 0.05) is 13.2 Å². The van der Waals surface area contributed by atoms with Crippen molar-refractivity contribution in [3.8, 4) is 0 Å². The highest BCUT2D eigenvalue weighted by Gasteiger charge is 2.28. The Kier molecular flexibility index (Phi) is 4.67. The lowest BCUT2D eigenvalue weighted by molar-refractivity contribution is 0.0860. The molecule has 19 heavy (non-hydrogen) atoms. The van der Waals surface area contributed by atoms with Crippen molar-refractivity contribution in [2.75, 3.05) is 24.7 Å². The summed E-state index contributed by atoms with van der Waals surface area (Å²) in [4.78, 5) is 11.7. The van der Waals surface area contributed by atoms with E-state index in [-0.39, 0.29) is 35.6 Å². The zero-order chi connectivity index (χ0) is 13.9. The number of nitrogens with one attached hydrogen (secondary N) is 2. The van der Waals surface area contributed by atoms with Gasteiger partial charge in [-0.05, 0) is 32.1 Å². The number of carbonyl (C=O) groups is 1. The SMILES string of the molecule is C[C@H](NC(=O)NC[C@@H]1CCS(=O)(=O)C1)[C@H]1CCCO1. The highest BCUT2D eigenvalue weighted by molar-refractivity contribution is 7.91. The molecule has 0 aromatic heterocycles. The summed E-state index contributed by atoms with van der Waals surface area (Å²) >= 11 is 0. The monoisotopic (exact) mass is 290 g/mol. The zero-order valence-electron chi connectivity index (χ0n) is 11.2. The van der Waals surface area contributed by atoms with Crippen molar-refractivity contribution in [3.05, 3.63) is 0 Å². The molecular formula is C12H22N2O4S. The molecule has 3 atom stereocenters. The van der Waals surface area contributed by atoms with E-state index in [2.05, 4.69) is 10.6 Å². The molecule has 0 aromatic rings. The largest absolute Gasteiger partial charge is 0.376 e. The van der Waals surface area contributed by atoms with Gasteiger partial charge in [0.2, 0.25) is 0 Å². The second-order valence-corrected chi connectivity index (χ2v) is 7.69. The fourth-order valence-corrected chi connectivity index (χ4v) is 4.48. The predicted octanol–water partition coefficient (Wildman–Crippen LogP) is 0.288. The van der Waals surface area contributed by atoms with Gasteiger partial charge < -0.3 is 15.4 Å². The molecule has 0 aromatic carbocycles. The van der Waals surface area contributed by atoms with Crippen LogP contribution in [0.1, 0.15) is 26.2 Å². The Balaban J connectivity index is 1.67. The molecule has 110 valence electrons. The molecule has 2 saturated heterocycles. The highest BCUT2D eigenvalue weighted by Crippen LogP contribution is 2.17. The van der Waals surface area contributed by atoms with E-state index in [0.717, 1.165) is 19.4 Å². The third kappa shape index (κ3) is 4.35. The highest BCUT2D eigenvalue weighted by atomic mass is 32.2. The molecule has 0 unspecified atom stereocenters. The van der Waals surface area contributed by atoms with Gasteiger partial charge in [-0.25, -0.2) is 13.2 Å². The maximum absolute atomic E-state index is 11.7. The maximum atomic E-state index is 11.7. The Morgan fingerprint density at radius 1 is 1.42 bits per heavy atom. The van der Waals surface area contributed by atoms with Crippen LogP contribution < -0.4 is 10.6 Å². The molecule has 2 heterocycles. The predicted molar refractivity (Wildman–Crippen MR) is 71.7 cm³/mol. The van der Waals surface area contributed by atoms with Crippen LogP contribution in [0.3, 0.4) is 0 Å². The van der Waals surface area contributed by atoms with Crippen LogP contribution in [0, 0.1) is 5.92 Å². The first-order valence-corrected chi connectivity index (χ1v) is 8.65. The summed E-state index contributed by atoms with van der Waals surface area (Å²) < 4.78 is 28.1.